The van der Waals surface area contributed by atoms with Crippen LogP contribution in [0.3, 0.4) is 0 Å². The lowest BCUT2D eigenvalue weighted by molar-refractivity contribution is 0.393. The fourth-order valence-electron chi connectivity index (χ4n) is 1.08. The highest BCUT2D eigenvalue weighted by atomic mass is 35.5. The molecule has 0 saturated carbocycles. The van der Waals surface area contributed by atoms with E-state index in [4.69, 9.17) is 16.3 Å². The number of rotatable bonds is 4. The lowest BCUT2D eigenvalue weighted by atomic mass is 10.2. The van der Waals surface area contributed by atoms with E-state index in [2.05, 4.69) is 4.98 Å². The van der Waals surface area contributed by atoms with Crippen LogP contribution >= 0.6 is 11.6 Å². The fourth-order valence-corrected chi connectivity index (χ4v) is 1.76. The summed E-state index contributed by atoms with van der Waals surface area (Å²) < 4.78 is 37.9. The highest BCUT2D eigenvalue weighted by molar-refractivity contribution is 7.86. The first-order valence-corrected chi connectivity index (χ1v) is 5.97. The van der Waals surface area contributed by atoms with Crippen molar-refractivity contribution in [2.24, 2.45) is 0 Å². The first-order chi connectivity index (χ1) is 6.94. The molecule has 0 saturated heterocycles. The van der Waals surface area contributed by atoms with Crippen molar-refractivity contribution in [2.75, 3.05) is 12.9 Å². The molecule has 0 aromatic carbocycles. The Labute approximate surface area is 92.2 Å². The molecule has 0 fully saturated rings. The summed E-state index contributed by atoms with van der Waals surface area (Å²) in [5.74, 6) is -0.416. The maximum absolute atomic E-state index is 12.3. The van der Waals surface area contributed by atoms with E-state index in [1.54, 1.807) is 0 Å². The van der Waals surface area contributed by atoms with Crippen molar-refractivity contribution in [3.05, 3.63) is 22.8 Å². The van der Waals surface area contributed by atoms with Gasteiger partial charge < -0.3 is 4.74 Å². The molecule has 1 rings (SSSR count). The number of halogens is 2. The zero-order valence-corrected chi connectivity index (χ0v) is 9.48. The van der Waals surface area contributed by atoms with Crippen LogP contribution in [0, 0.1) is 0 Å². The quantitative estimate of drug-likeness (QED) is 0.765. The summed E-state index contributed by atoms with van der Waals surface area (Å²) in [4.78, 5) is 3.83. The number of pyridine rings is 1. The average Bonchev–Trinajstić information content (AvgIpc) is 2.14. The second-order valence-corrected chi connectivity index (χ2v) is 4.67. The van der Waals surface area contributed by atoms with Crippen LogP contribution in [0.2, 0.25) is 5.02 Å². The van der Waals surface area contributed by atoms with E-state index >= 15 is 0 Å². The predicted molar refractivity (Wildman–Crippen MR) is 54.4 cm³/mol. The van der Waals surface area contributed by atoms with Crippen LogP contribution in [-0.2, 0) is 16.6 Å². The van der Waals surface area contributed by atoms with E-state index in [1.807, 2.05) is 0 Å². The molecule has 0 N–H and O–H groups in total. The molecule has 0 aliphatic heterocycles. The Hall–Kier alpha value is -0.880. The van der Waals surface area contributed by atoms with E-state index in [-0.39, 0.29) is 12.3 Å². The summed E-state index contributed by atoms with van der Waals surface area (Å²) in [6, 6.07) is 1.49. The number of methoxy groups -OCH3 is 1. The van der Waals surface area contributed by atoms with Gasteiger partial charge in [-0.25, -0.2) is 4.98 Å². The standard InChI is InChI=1S/C8H9ClFNO3S/c1-14-8-6(3-5-15(10,12)13)7(9)2-4-11-8/h2,4H,3,5H2,1H3. The van der Waals surface area contributed by atoms with E-state index in [0.717, 1.165) is 0 Å². The van der Waals surface area contributed by atoms with Gasteiger partial charge in [-0.3, -0.25) is 0 Å². The summed E-state index contributed by atoms with van der Waals surface area (Å²) in [6.45, 7) is 0. The third kappa shape index (κ3) is 3.64. The van der Waals surface area contributed by atoms with Crippen molar-refractivity contribution >= 4 is 21.8 Å². The number of hydrogen-bond acceptors (Lipinski definition) is 4. The first kappa shape index (κ1) is 12.2. The largest absolute Gasteiger partial charge is 0.481 e. The van der Waals surface area contributed by atoms with E-state index in [0.29, 0.717) is 10.6 Å². The molecule has 84 valence electrons. The lowest BCUT2D eigenvalue weighted by Gasteiger charge is -2.07. The molecule has 0 atom stereocenters. The minimum atomic E-state index is -4.51. The molecule has 7 heteroatoms. The maximum atomic E-state index is 12.3. The van der Waals surface area contributed by atoms with Crippen molar-refractivity contribution in [3.8, 4) is 5.88 Å². The predicted octanol–water partition coefficient (Wildman–Crippen LogP) is 1.59. The number of ether oxygens (including phenoxy) is 1. The smallest absolute Gasteiger partial charge is 0.302 e. The molecule has 4 nitrogen and oxygen atoms in total. The number of aromatic nitrogens is 1. The number of hydrogen-bond donors (Lipinski definition) is 0. The molecule has 0 spiro atoms. The van der Waals surface area contributed by atoms with Crippen molar-refractivity contribution in [2.45, 2.75) is 6.42 Å². The third-order valence-electron chi connectivity index (χ3n) is 1.75. The fraction of sp³-hybridized carbons (Fsp3) is 0.375. The van der Waals surface area contributed by atoms with Gasteiger partial charge in [0.05, 0.1) is 17.9 Å². The molecule has 0 bridgehead atoms. The lowest BCUT2D eigenvalue weighted by Crippen LogP contribution is -2.05. The Morgan fingerprint density at radius 2 is 2.27 bits per heavy atom. The summed E-state index contributed by atoms with van der Waals surface area (Å²) in [7, 11) is -3.12. The molecule has 1 aromatic heterocycles. The normalized spacial score (nSPS) is 11.4. The Morgan fingerprint density at radius 1 is 1.60 bits per heavy atom. The Morgan fingerprint density at radius 3 is 2.80 bits per heavy atom. The van der Waals surface area contributed by atoms with Crippen molar-refractivity contribution in [1.29, 1.82) is 0 Å². The Kier molecular flexibility index (Phi) is 3.87. The molecule has 0 unspecified atom stereocenters. The van der Waals surface area contributed by atoms with Crippen LogP contribution < -0.4 is 4.74 Å². The van der Waals surface area contributed by atoms with Gasteiger partial charge in [-0.15, -0.1) is 3.89 Å². The van der Waals surface area contributed by atoms with E-state index in [1.165, 1.54) is 19.4 Å². The van der Waals surface area contributed by atoms with Gasteiger partial charge in [0.25, 0.3) is 0 Å². The van der Waals surface area contributed by atoms with Crippen LogP contribution in [0.5, 0.6) is 5.88 Å². The average molecular weight is 254 g/mol. The SMILES string of the molecule is COc1nccc(Cl)c1CCS(=O)(=O)F. The summed E-state index contributed by atoms with van der Waals surface area (Å²) >= 11 is 5.80. The van der Waals surface area contributed by atoms with Crippen molar-refractivity contribution in [3.63, 3.8) is 0 Å². The molecular weight excluding hydrogens is 245 g/mol. The highest BCUT2D eigenvalue weighted by Gasteiger charge is 2.14. The van der Waals surface area contributed by atoms with Gasteiger partial charge in [-0.2, -0.15) is 8.42 Å². The zero-order chi connectivity index (χ0) is 11.5. The summed E-state index contributed by atoms with van der Waals surface area (Å²) in [5, 5.41) is 0.311. The number of nitrogens with zero attached hydrogens (tertiary/aromatic N) is 1. The van der Waals surface area contributed by atoms with Crippen molar-refractivity contribution in [1.82, 2.24) is 4.98 Å². The van der Waals surface area contributed by atoms with Gasteiger partial charge in [0, 0.05) is 11.8 Å². The van der Waals surface area contributed by atoms with E-state index in [9.17, 15) is 12.3 Å². The van der Waals surface area contributed by atoms with Crippen LogP contribution in [0.25, 0.3) is 0 Å². The topological polar surface area (TPSA) is 56.3 Å². The molecule has 1 heterocycles. The van der Waals surface area contributed by atoms with E-state index < -0.39 is 16.0 Å². The van der Waals surface area contributed by atoms with Crippen LogP contribution in [0.1, 0.15) is 5.56 Å². The van der Waals surface area contributed by atoms with Gasteiger partial charge in [0.2, 0.25) is 5.88 Å². The third-order valence-corrected chi connectivity index (χ3v) is 2.79. The minimum Gasteiger partial charge on any atom is -0.481 e. The molecule has 0 radical (unpaired) electrons. The second-order valence-electron chi connectivity index (χ2n) is 2.77. The van der Waals surface area contributed by atoms with Gasteiger partial charge in [-0.05, 0) is 12.5 Å². The van der Waals surface area contributed by atoms with Gasteiger partial charge in [0.1, 0.15) is 0 Å². The summed E-state index contributed by atoms with van der Waals surface area (Å²) in [6.07, 6.45) is 1.36. The monoisotopic (exact) mass is 253 g/mol. The Bertz CT molecular complexity index is 449. The molecule has 1 aromatic rings. The molecular formula is C8H9ClFNO3S. The van der Waals surface area contributed by atoms with Crippen LogP contribution in [-0.4, -0.2) is 26.3 Å². The first-order valence-electron chi connectivity index (χ1n) is 4.04. The Balaban J connectivity index is 2.93. The van der Waals surface area contributed by atoms with Crippen LogP contribution in [0.15, 0.2) is 12.3 Å². The molecule has 0 aliphatic carbocycles. The molecule has 0 amide bonds. The van der Waals surface area contributed by atoms with Crippen LogP contribution in [0.4, 0.5) is 3.89 Å². The van der Waals surface area contributed by atoms with Gasteiger partial charge in [-0.1, -0.05) is 11.6 Å². The van der Waals surface area contributed by atoms with Gasteiger partial charge in [0.15, 0.2) is 0 Å². The summed E-state index contributed by atoms with van der Waals surface area (Å²) in [5.41, 5.74) is 0.392. The zero-order valence-electron chi connectivity index (χ0n) is 7.91. The minimum absolute atomic E-state index is 0.0608. The second kappa shape index (κ2) is 4.76. The molecule has 15 heavy (non-hydrogen) atoms. The highest BCUT2D eigenvalue weighted by Crippen LogP contribution is 2.24. The van der Waals surface area contributed by atoms with Crippen molar-refractivity contribution < 1.29 is 17.0 Å². The van der Waals surface area contributed by atoms with Gasteiger partial charge >= 0.3 is 10.2 Å². The maximum Gasteiger partial charge on any atom is 0.302 e. The molecule has 0 aliphatic rings.